The van der Waals surface area contributed by atoms with Gasteiger partial charge in [-0.3, -0.25) is 4.79 Å². The van der Waals surface area contributed by atoms with Crippen LogP contribution in [0.15, 0.2) is 36.9 Å². The van der Waals surface area contributed by atoms with Gasteiger partial charge in [-0.1, -0.05) is 12.1 Å². The Hall–Kier alpha value is -1.75. The standard InChI is InChI=1S/C13H15NO3S/c1-3-7-18-9-12(15)14-11-6-4-5-10(8-11)13(16)17-2/h3-6,8H,1,7,9H2,2H3,(H,14,15). The minimum Gasteiger partial charge on any atom is -0.465 e. The van der Waals surface area contributed by atoms with Crippen molar-refractivity contribution in [3.8, 4) is 0 Å². The molecule has 1 rings (SSSR count). The summed E-state index contributed by atoms with van der Waals surface area (Å²) in [5, 5.41) is 2.72. The second kappa shape index (κ2) is 7.55. The molecule has 0 unspecified atom stereocenters. The first-order valence-corrected chi connectivity index (χ1v) is 6.49. The summed E-state index contributed by atoms with van der Waals surface area (Å²) in [6, 6.07) is 6.64. The first-order valence-electron chi connectivity index (χ1n) is 5.34. The fourth-order valence-electron chi connectivity index (χ4n) is 1.27. The minimum atomic E-state index is -0.424. The van der Waals surface area contributed by atoms with Gasteiger partial charge in [0, 0.05) is 11.4 Å². The zero-order chi connectivity index (χ0) is 13.4. The van der Waals surface area contributed by atoms with Crippen LogP contribution in [-0.4, -0.2) is 30.5 Å². The maximum absolute atomic E-state index is 11.6. The lowest BCUT2D eigenvalue weighted by atomic mass is 10.2. The highest BCUT2D eigenvalue weighted by Gasteiger charge is 2.07. The van der Waals surface area contributed by atoms with Crippen molar-refractivity contribution in [1.82, 2.24) is 0 Å². The van der Waals surface area contributed by atoms with Gasteiger partial charge in [0.2, 0.25) is 5.91 Å². The Bertz CT molecular complexity index is 446. The first kappa shape index (κ1) is 14.3. The summed E-state index contributed by atoms with van der Waals surface area (Å²) in [6.07, 6.45) is 1.75. The van der Waals surface area contributed by atoms with Crippen LogP contribution in [0.2, 0.25) is 0 Å². The Morgan fingerprint density at radius 3 is 2.94 bits per heavy atom. The largest absolute Gasteiger partial charge is 0.465 e. The number of esters is 1. The topological polar surface area (TPSA) is 55.4 Å². The van der Waals surface area contributed by atoms with E-state index in [1.807, 2.05) is 0 Å². The molecule has 0 aliphatic carbocycles. The van der Waals surface area contributed by atoms with E-state index in [0.29, 0.717) is 17.0 Å². The normalized spacial score (nSPS) is 9.61. The highest BCUT2D eigenvalue weighted by atomic mass is 32.2. The molecule has 0 radical (unpaired) electrons. The van der Waals surface area contributed by atoms with Gasteiger partial charge in [-0.15, -0.1) is 18.3 Å². The molecular formula is C13H15NO3S. The summed E-state index contributed by atoms with van der Waals surface area (Å²) >= 11 is 1.47. The van der Waals surface area contributed by atoms with Crippen LogP contribution in [0.5, 0.6) is 0 Å². The second-order valence-electron chi connectivity index (χ2n) is 3.42. The number of methoxy groups -OCH3 is 1. The maximum atomic E-state index is 11.6. The molecule has 18 heavy (non-hydrogen) atoms. The number of anilines is 1. The van der Waals surface area contributed by atoms with Crippen LogP contribution in [0.3, 0.4) is 0 Å². The van der Waals surface area contributed by atoms with Crippen LogP contribution in [0.4, 0.5) is 5.69 Å². The number of thioether (sulfide) groups is 1. The zero-order valence-electron chi connectivity index (χ0n) is 10.1. The molecule has 0 spiro atoms. The number of benzene rings is 1. The van der Waals surface area contributed by atoms with Crippen molar-refractivity contribution in [3.63, 3.8) is 0 Å². The molecule has 0 bridgehead atoms. The van der Waals surface area contributed by atoms with Gasteiger partial charge in [-0.25, -0.2) is 4.79 Å². The van der Waals surface area contributed by atoms with Crippen molar-refractivity contribution in [1.29, 1.82) is 0 Å². The molecule has 0 aliphatic rings. The van der Waals surface area contributed by atoms with E-state index < -0.39 is 5.97 Å². The van der Waals surface area contributed by atoms with E-state index in [9.17, 15) is 9.59 Å². The number of carbonyl (C=O) groups excluding carboxylic acids is 2. The Balaban J connectivity index is 2.59. The molecule has 0 fully saturated rings. The summed E-state index contributed by atoms with van der Waals surface area (Å²) < 4.78 is 4.61. The third kappa shape index (κ3) is 4.63. The van der Waals surface area contributed by atoms with Gasteiger partial charge < -0.3 is 10.1 Å². The SMILES string of the molecule is C=CCSCC(=O)Nc1cccc(C(=O)OC)c1. The number of ether oxygens (including phenoxy) is 1. The average Bonchev–Trinajstić information content (AvgIpc) is 2.38. The third-order valence-corrected chi connectivity index (χ3v) is 2.97. The first-order chi connectivity index (χ1) is 8.67. The second-order valence-corrected chi connectivity index (χ2v) is 4.45. The van der Waals surface area contributed by atoms with Crippen molar-refractivity contribution in [3.05, 3.63) is 42.5 Å². The molecule has 0 saturated carbocycles. The quantitative estimate of drug-likeness (QED) is 0.487. The summed E-state index contributed by atoms with van der Waals surface area (Å²) in [5.74, 6) is 0.556. The smallest absolute Gasteiger partial charge is 0.337 e. The van der Waals surface area contributed by atoms with Crippen LogP contribution in [0, 0.1) is 0 Å². The molecule has 1 aromatic rings. The van der Waals surface area contributed by atoms with Gasteiger partial charge in [-0.2, -0.15) is 0 Å². The van der Waals surface area contributed by atoms with E-state index in [-0.39, 0.29) is 5.91 Å². The predicted octanol–water partition coefficient (Wildman–Crippen LogP) is 2.33. The van der Waals surface area contributed by atoms with E-state index in [2.05, 4.69) is 16.6 Å². The molecule has 96 valence electrons. The maximum Gasteiger partial charge on any atom is 0.337 e. The Kier molecular flexibility index (Phi) is 6.00. The Labute approximate surface area is 110 Å². The van der Waals surface area contributed by atoms with Crippen molar-refractivity contribution in [2.45, 2.75) is 0 Å². The van der Waals surface area contributed by atoms with Crippen molar-refractivity contribution < 1.29 is 14.3 Å². The van der Waals surface area contributed by atoms with E-state index in [1.54, 1.807) is 30.3 Å². The fraction of sp³-hybridized carbons (Fsp3) is 0.231. The van der Waals surface area contributed by atoms with Crippen LogP contribution < -0.4 is 5.32 Å². The van der Waals surface area contributed by atoms with E-state index in [1.165, 1.54) is 18.9 Å². The average molecular weight is 265 g/mol. The van der Waals surface area contributed by atoms with Gasteiger partial charge in [0.25, 0.3) is 0 Å². The van der Waals surface area contributed by atoms with Crippen LogP contribution >= 0.6 is 11.8 Å². The Morgan fingerprint density at radius 2 is 2.28 bits per heavy atom. The lowest BCUT2D eigenvalue weighted by Crippen LogP contribution is -2.14. The molecular weight excluding hydrogens is 250 g/mol. The van der Waals surface area contributed by atoms with Gasteiger partial charge in [-0.05, 0) is 18.2 Å². The molecule has 0 saturated heterocycles. The van der Waals surface area contributed by atoms with E-state index in [4.69, 9.17) is 0 Å². The predicted molar refractivity (Wildman–Crippen MR) is 73.9 cm³/mol. The summed E-state index contributed by atoms with van der Waals surface area (Å²) in [4.78, 5) is 22.9. The molecule has 0 aromatic heterocycles. The van der Waals surface area contributed by atoms with Gasteiger partial charge in [0.1, 0.15) is 0 Å². The molecule has 4 nitrogen and oxygen atoms in total. The lowest BCUT2D eigenvalue weighted by Gasteiger charge is -2.06. The number of hydrogen-bond donors (Lipinski definition) is 1. The molecule has 0 heterocycles. The monoisotopic (exact) mass is 265 g/mol. The lowest BCUT2D eigenvalue weighted by molar-refractivity contribution is -0.113. The Morgan fingerprint density at radius 1 is 1.50 bits per heavy atom. The number of amides is 1. The van der Waals surface area contributed by atoms with E-state index >= 15 is 0 Å². The third-order valence-electron chi connectivity index (χ3n) is 2.04. The minimum absolute atomic E-state index is 0.108. The highest BCUT2D eigenvalue weighted by Crippen LogP contribution is 2.12. The molecule has 1 N–H and O–H groups in total. The number of nitrogens with one attached hydrogen (secondary N) is 1. The summed E-state index contributed by atoms with van der Waals surface area (Å²) in [7, 11) is 1.32. The molecule has 0 aliphatic heterocycles. The molecule has 0 atom stereocenters. The van der Waals surface area contributed by atoms with Gasteiger partial charge >= 0.3 is 5.97 Å². The van der Waals surface area contributed by atoms with Crippen molar-refractivity contribution in [2.75, 3.05) is 23.9 Å². The number of carbonyl (C=O) groups is 2. The fourth-order valence-corrected chi connectivity index (χ4v) is 1.82. The summed E-state index contributed by atoms with van der Waals surface area (Å²) in [6.45, 7) is 3.58. The molecule has 1 amide bonds. The van der Waals surface area contributed by atoms with Crippen LogP contribution in [-0.2, 0) is 9.53 Å². The van der Waals surface area contributed by atoms with Crippen LogP contribution in [0.1, 0.15) is 10.4 Å². The van der Waals surface area contributed by atoms with Crippen molar-refractivity contribution in [2.24, 2.45) is 0 Å². The molecule has 1 aromatic carbocycles. The highest BCUT2D eigenvalue weighted by molar-refractivity contribution is 8.00. The van der Waals surface area contributed by atoms with Gasteiger partial charge in [0.05, 0.1) is 18.4 Å². The van der Waals surface area contributed by atoms with E-state index in [0.717, 1.165) is 5.75 Å². The van der Waals surface area contributed by atoms with Crippen LogP contribution in [0.25, 0.3) is 0 Å². The van der Waals surface area contributed by atoms with Gasteiger partial charge in [0.15, 0.2) is 0 Å². The number of rotatable bonds is 6. The summed E-state index contributed by atoms with van der Waals surface area (Å²) in [5.41, 5.74) is 0.996. The zero-order valence-corrected chi connectivity index (χ0v) is 11.0. The number of hydrogen-bond acceptors (Lipinski definition) is 4. The van der Waals surface area contributed by atoms with Crippen molar-refractivity contribution >= 4 is 29.3 Å². The molecule has 5 heteroatoms.